The second-order valence-corrected chi connectivity index (χ2v) is 8.08. The van der Waals surface area contributed by atoms with Crippen LogP contribution in [0.25, 0.3) is 0 Å². The molecule has 138 valence electrons. The molecule has 1 spiro atoms. The van der Waals surface area contributed by atoms with Crippen molar-refractivity contribution in [2.75, 3.05) is 37.7 Å². The molecule has 3 aliphatic rings. The predicted octanol–water partition coefficient (Wildman–Crippen LogP) is 3.21. The van der Waals surface area contributed by atoms with Gasteiger partial charge in [-0.1, -0.05) is 11.6 Å². The molecule has 5 nitrogen and oxygen atoms in total. The number of piperidine rings is 1. The van der Waals surface area contributed by atoms with Crippen LogP contribution in [0.3, 0.4) is 0 Å². The van der Waals surface area contributed by atoms with Crippen LogP contribution in [-0.4, -0.2) is 49.7 Å². The zero-order valence-corrected chi connectivity index (χ0v) is 15.7. The van der Waals surface area contributed by atoms with E-state index in [-0.39, 0.29) is 5.41 Å². The Morgan fingerprint density at radius 2 is 2.04 bits per heavy atom. The van der Waals surface area contributed by atoms with Crippen LogP contribution in [0.2, 0.25) is 5.02 Å². The molecule has 3 heterocycles. The number of hydrogen-bond donors (Lipinski definition) is 0. The maximum atomic E-state index is 13.3. The maximum absolute atomic E-state index is 13.3. The molecule has 1 aromatic carbocycles. The minimum Gasteiger partial charge on any atom is -0.381 e. The van der Waals surface area contributed by atoms with E-state index in [1.807, 2.05) is 6.07 Å². The van der Waals surface area contributed by atoms with Crippen LogP contribution in [0.4, 0.5) is 5.69 Å². The molecule has 0 bridgehead atoms. The molecule has 0 saturated carbocycles. The van der Waals surface area contributed by atoms with Gasteiger partial charge in [-0.2, -0.15) is 5.26 Å². The predicted molar refractivity (Wildman–Crippen MR) is 100 cm³/mol. The Morgan fingerprint density at radius 1 is 1.23 bits per heavy atom. The highest BCUT2D eigenvalue weighted by atomic mass is 35.5. The van der Waals surface area contributed by atoms with Gasteiger partial charge in [-0.15, -0.1) is 0 Å². The molecule has 4 rings (SSSR count). The van der Waals surface area contributed by atoms with E-state index in [2.05, 4.69) is 15.9 Å². The minimum absolute atomic E-state index is 0.284. The van der Waals surface area contributed by atoms with Gasteiger partial charge in [0.1, 0.15) is 0 Å². The highest BCUT2D eigenvalue weighted by molar-refractivity contribution is 6.33. The lowest BCUT2D eigenvalue weighted by molar-refractivity contribution is -0.139. The number of rotatable bonds is 2. The Labute approximate surface area is 159 Å². The number of hydrogen-bond acceptors (Lipinski definition) is 4. The van der Waals surface area contributed by atoms with Gasteiger partial charge in [0.15, 0.2) is 0 Å². The van der Waals surface area contributed by atoms with Crippen LogP contribution < -0.4 is 4.90 Å². The number of benzene rings is 1. The zero-order chi connectivity index (χ0) is 18.1. The van der Waals surface area contributed by atoms with Gasteiger partial charge in [0, 0.05) is 38.9 Å². The van der Waals surface area contributed by atoms with E-state index in [4.69, 9.17) is 21.6 Å². The third-order valence-corrected chi connectivity index (χ3v) is 6.47. The minimum atomic E-state index is -0.284. The summed E-state index contributed by atoms with van der Waals surface area (Å²) in [6, 6.07) is 7.88. The lowest BCUT2D eigenvalue weighted by Gasteiger charge is -2.41. The number of carbonyl (C=O) groups excluding carboxylic acids is 1. The number of carbonyl (C=O) groups is 1. The van der Waals surface area contributed by atoms with Crippen molar-refractivity contribution < 1.29 is 9.53 Å². The van der Waals surface area contributed by atoms with Gasteiger partial charge in [-0.05, 0) is 50.3 Å². The summed E-state index contributed by atoms with van der Waals surface area (Å²) in [5, 5.41) is 9.63. The average molecular weight is 374 g/mol. The summed E-state index contributed by atoms with van der Waals surface area (Å²) in [4.78, 5) is 17.7. The Morgan fingerprint density at radius 3 is 2.77 bits per heavy atom. The number of halogens is 1. The number of ether oxygens (including phenoxy) is 1. The number of anilines is 1. The van der Waals surface area contributed by atoms with Gasteiger partial charge in [-0.25, -0.2) is 0 Å². The summed E-state index contributed by atoms with van der Waals surface area (Å²) in [6.45, 7) is 4.00. The van der Waals surface area contributed by atoms with Crippen LogP contribution >= 0.6 is 11.6 Å². The van der Waals surface area contributed by atoms with Crippen molar-refractivity contribution in [3.63, 3.8) is 0 Å². The Balaban J connectivity index is 1.53. The third kappa shape index (κ3) is 3.06. The van der Waals surface area contributed by atoms with E-state index >= 15 is 0 Å². The lowest BCUT2D eigenvalue weighted by Crippen LogP contribution is -2.50. The molecule has 1 atom stereocenters. The van der Waals surface area contributed by atoms with Crippen LogP contribution in [0, 0.1) is 16.7 Å². The number of nitrogens with zero attached hydrogens (tertiary/aromatic N) is 3. The third-order valence-electron chi connectivity index (χ3n) is 6.17. The summed E-state index contributed by atoms with van der Waals surface area (Å²) in [5.41, 5.74) is 1.21. The molecule has 1 amide bonds. The number of nitriles is 1. The molecule has 6 heteroatoms. The first kappa shape index (κ1) is 17.6. The molecule has 1 aromatic rings. The first-order chi connectivity index (χ1) is 12.6. The Bertz CT molecular complexity index is 741. The largest absolute Gasteiger partial charge is 0.381 e. The molecule has 26 heavy (non-hydrogen) atoms. The Hall–Kier alpha value is -1.77. The summed E-state index contributed by atoms with van der Waals surface area (Å²) >= 11 is 6.42. The fraction of sp³-hybridized carbons (Fsp3) is 0.600. The van der Waals surface area contributed by atoms with Crippen molar-refractivity contribution in [2.24, 2.45) is 5.41 Å². The molecule has 0 aliphatic carbocycles. The average Bonchev–Trinajstić information content (AvgIpc) is 2.98. The highest BCUT2D eigenvalue weighted by Crippen LogP contribution is 2.43. The normalized spacial score (nSPS) is 27.2. The van der Waals surface area contributed by atoms with Gasteiger partial charge in [-0.3, -0.25) is 4.79 Å². The molecule has 3 saturated heterocycles. The van der Waals surface area contributed by atoms with Gasteiger partial charge in [0.25, 0.3) is 0 Å². The monoisotopic (exact) mass is 373 g/mol. The van der Waals surface area contributed by atoms with E-state index in [9.17, 15) is 4.79 Å². The van der Waals surface area contributed by atoms with Gasteiger partial charge in [0.05, 0.1) is 27.8 Å². The topological polar surface area (TPSA) is 56.6 Å². The van der Waals surface area contributed by atoms with Gasteiger partial charge < -0.3 is 14.5 Å². The fourth-order valence-corrected chi connectivity index (χ4v) is 5.04. The molecular formula is C20H24ClN3O2. The van der Waals surface area contributed by atoms with E-state index < -0.39 is 0 Å². The first-order valence-corrected chi connectivity index (χ1v) is 9.84. The molecule has 0 radical (unpaired) electrons. The van der Waals surface area contributed by atoms with Crippen LogP contribution in [0.1, 0.15) is 37.7 Å². The molecule has 3 aliphatic heterocycles. The summed E-state index contributed by atoms with van der Waals surface area (Å²) in [6.07, 6.45) is 4.77. The van der Waals surface area contributed by atoms with Crippen molar-refractivity contribution in [2.45, 2.75) is 38.1 Å². The number of amides is 1. The summed E-state index contributed by atoms with van der Waals surface area (Å²) in [7, 11) is 0. The van der Waals surface area contributed by atoms with Gasteiger partial charge >= 0.3 is 0 Å². The van der Waals surface area contributed by atoms with Crippen LogP contribution in [0.5, 0.6) is 0 Å². The zero-order valence-electron chi connectivity index (χ0n) is 14.9. The van der Waals surface area contributed by atoms with Crippen LogP contribution in [0.15, 0.2) is 18.2 Å². The van der Waals surface area contributed by atoms with Crippen molar-refractivity contribution in [1.29, 1.82) is 5.26 Å². The van der Waals surface area contributed by atoms with Crippen molar-refractivity contribution in [3.8, 4) is 6.07 Å². The smallest absolute Gasteiger partial charge is 0.230 e. The second kappa shape index (κ2) is 7.09. The van der Waals surface area contributed by atoms with E-state index in [0.29, 0.717) is 22.5 Å². The fourth-order valence-electron chi connectivity index (χ4n) is 4.74. The van der Waals surface area contributed by atoms with E-state index in [1.54, 1.807) is 12.1 Å². The van der Waals surface area contributed by atoms with E-state index in [1.165, 1.54) is 0 Å². The molecule has 0 unspecified atom stereocenters. The highest BCUT2D eigenvalue weighted by Gasteiger charge is 2.50. The van der Waals surface area contributed by atoms with E-state index in [0.717, 1.165) is 70.6 Å². The SMILES string of the molecule is N#Cc1ccc(N2CCC[C@]3(CCN(C4CCOCC4)C3=O)C2)c(Cl)c1. The summed E-state index contributed by atoms with van der Waals surface area (Å²) < 4.78 is 5.45. The summed E-state index contributed by atoms with van der Waals surface area (Å²) in [5.74, 6) is 0.318. The van der Waals surface area contributed by atoms with Crippen molar-refractivity contribution in [3.05, 3.63) is 28.8 Å². The molecule has 0 N–H and O–H groups in total. The standard InChI is InChI=1S/C20H24ClN3O2/c21-17-12-15(13-22)2-3-18(17)23-8-1-6-20(14-23)7-9-24(19(20)25)16-4-10-26-11-5-16/h2-3,12,16H,1,4-11,14H2/t20-/m0/s1. The molecular weight excluding hydrogens is 350 g/mol. The van der Waals surface area contributed by atoms with Gasteiger partial charge in [0.2, 0.25) is 5.91 Å². The van der Waals surface area contributed by atoms with Crippen molar-refractivity contribution >= 4 is 23.2 Å². The van der Waals surface area contributed by atoms with Crippen molar-refractivity contribution in [1.82, 2.24) is 4.90 Å². The number of likely N-dealkylation sites (tertiary alicyclic amines) is 1. The Kier molecular flexibility index (Phi) is 4.81. The first-order valence-electron chi connectivity index (χ1n) is 9.46. The van der Waals surface area contributed by atoms with Crippen LogP contribution in [-0.2, 0) is 9.53 Å². The quantitative estimate of drug-likeness (QED) is 0.798. The molecule has 3 fully saturated rings. The lowest BCUT2D eigenvalue weighted by atomic mass is 9.78. The maximum Gasteiger partial charge on any atom is 0.230 e. The second-order valence-electron chi connectivity index (χ2n) is 7.68. The molecule has 0 aromatic heterocycles.